The van der Waals surface area contributed by atoms with Gasteiger partial charge in [-0.2, -0.15) is 0 Å². The van der Waals surface area contributed by atoms with Gasteiger partial charge >= 0.3 is 0 Å². The summed E-state index contributed by atoms with van der Waals surface area (Å²) in [7, 11) is -2.10. The minimum atomic E-state index is -2.10. The third kappa shape index (κ3) is 6.78. The van der Waals surface area contributed by atoms with Gasteiger partial charge < -0.3 is 5.32 Å². The minimum Gasteiger partial charge on any atom is -0.326 e. The lowest BCUT2D eigenvalue weighted by Crippen LogP contribution is -2.32. The molecule has 2 nitrogen and oxygen atoms in total. The predicted octanol–water partition coefficient (Wildman–Crippen LogP) is 8.29. The van der Waals surface area contributed by atoms with Crippen LogP contribution in [-0.4, -0.2) is 5.91 Å². The Labute approximate surface area is 247 Å². The first-order valence-electron chi connectivity index (χ1n) is 13.8. The highest BCUT2D eigenvalue weighted by Crippen LogP contribution is 2.59. The summed E-state index contributed by atoms with van der Waals surface area (Å²) in [5, 5.41) is 7.25. The number of nitrogens with one attached hydrogen (secondary N) is 1. The highest BCUT2D eigenvalue weighted by atomic mass is 79.9. The van der Waals surface area contributed by atoms with Gasteiger partial charge in [-0.1, -0.05) is 101 Å². The maximum Gasteiger partial charge on any atom is 0.224 e. The average Bonchev–Trinajstić information content (AvgIpc) is 3.01. The van der Waals surface area contributed by atoms with Gasteiger partial charge in [0.05, 0.1) is 0 Å². The third-order valence-corrected chi connectivity index (χ3v) is 12.1. The second-order valence-electron chi connectivity index (χ2n) is 10.0. The second kappa shape index (κ2) is 13.7. The van der Waals surface area contributed by atoms with Crippen LogP contribution in [-0.2, 0) is 17.4 Å². The SMILES string of the molecule is O=C(CCCCc1ccccc1)Nc1ccc(Br)cc1C[P+](c1ccccc1)(c1ccccc1)c1ccccc1. The highest BCUT2D eigenvalue weighted by Gasteiger charge is 2.45. The van der Waals surface area contributed by atoms with Crippen molar-refractivity contribution >= 4 is 50.7 Å². The number of rotatable bonds is 11. The lowest BCUT2D eigenvalue weighted by atomic mass is 10.1. The zero-order valence-corrected chi connectivity index (χ0v) is 25.0. The fourth-order valence-electron chi connectivity index (χ4n) is 5.31. The maximum atomic E-state index is 13.1. The van der Waals surface area contributed by atoms with Crippen LogP contribution in [0.4, 0.5) is 5.69 Å². The Bertz CT molecular complexity index is 1410. The number of halogens is 1. The first-order valence-corrected chi connectivity index (χ1v) is 16.6. The smallest absolute Gasteiger partial charge is 0.224 e. The molecule has 0 fully saturated rings. The van der Waals surface area contributed by atoms with E-state index < -0.39 is 7.26 Å². The Morgan fingerprint density at radius 2 is 1.12 bits per heavy atom. The maximum absolute atomic E-state index is 13.1. The zero-order valence-electron chi connectivity index (χ0n) is 22.5. The molecule has 5 aromatic rings. The average molecular weight is 608 g/mol. The van der Waals surface area contributed by atoms with Crippen LogP contribution in [0.15, 0.2) is 144 Å². The monoisotopic (exact) mass is 606 g/mol. The molecular weight excluding hydrogens is 573 g/mol. The Kier molecular flexibility index (Phi) is 9.60. The van der Waals surface area contributed by atoms with Crippen molar-refractivity contribution in [3.05, 3.63) is 155 Å². The van der Waals surface area contributed by atoms with Gasteiger partial charge in [-0.25, -0.2) is 0 Å². The van der Waals surface area contributed by atoms with Gasteiger partial charge in [0.15, 0.2) is 0 Å². The summed E-state index contributed by atoms with van der Waals surface area (Å²) in [6, 6.07) is 49.3. The van der Waals surface area contributed by atoms with Crippen LogP contribution in [0, 0.1) is 0 Å². The first kappa shape index (κ1) is 28.0. The molecule has 0 aromatic heterocycles. The molecule has 0 aliphatic carbocycles. The van der Waals surface area contributed by atoms with Crippen LogP contribution >= 0.6 is 23.2 Å². The Hall–Kier alpha value is -3.52. The molecule has 0 spiro atoms. The van der Waals surface area contributed by atoms with Crippen molar-refractivity contribution in [2.75, 3.05) is 5.32 Å². The third-order valence-electron chi connectivity index (χ3n) is 7.30. The minimum absolute atomic E-state index is 0.0692. The van der Waals surface area contributed by atoms with E-state index in [1.807, 2.05) is 18.2 Å². The van der Waals surface area contributed by atoms with Gasteiger partial charge in [-0.3, -0.25) is 4.79 Å². The summed E-state index contributed by atoms with van der Waals surface area (Å²) in [5.74, 6) is 0.0692. The van der Waals surface area contributed by atoms with E-state index in [0.717, 1.165) is 41.1 Å². The summed E-state index contributed by atoms with van der Waals surface area (Å²) in [4.78, 5) is 13.1. The van der Waals surface area contributed by atoms with Crippen molar-refractivity contribution in [2.45, 2.75) is 31.8 Å². The van der Waals surface area contributed by atoms with Crippen molar-refractivity contribution < 1.29 is 4.79 Å². The number of aryl methyl sites for hydroxylation is 1. The molecule has 0 heterocycles. The van der Waals surface area contributed by atoms with E-state index in [-0.39, 0.29) is 5.91 Å². The first-order chi connectivity index (χ1) is 19.6. The Morgan fingerprint density at radius 3 is 1.65 bits per heavy atom. The normalized spacial score (nSPS) is 11.2. The standard InChI is InChI=1S/C36H33BrNOP/c37-31-25-26-35(38-36(39)24-14-13-17-29-15-5-1-6-16-29)30(27-31)28-40(32-18-7-2-8-19-32,33-20-9-3-10-21-33)34-22-11-4-12-23-34/h1-12,15-16,18-23,25-27H,13-14,17,24,28H2/p+1. The molecule has 200 valence electrons. The topological polar surface area (TPSA) is 29.1 Å². The molecular formula is C36H34BrNOP+. The van der Waals surface area contributed by atoms with E-state index >= 15 is 0 Å². The van der Waals surface area contributed by atoms with Gasteiger partial charge in [0.2, 0.25) is 5.91 Å². The predicted molar refractivity (Wildman–Crippen MR) is 176 cm³/mol. The lowest BCUT2D eigenvalue weighted by molar-refractivity contribution is -0.116. The number of anilines is 1. The van der Waals surface area contributed by atoms with Crippen LogP contribution in [0.25, 0.3) is 0 Å². The number of amides is 1. The molecule has 0 unspecified atom stereocenters. The van der Waals surface area contributed by atoms with Gasteiger partial charge in [0, 0.05) is 22.1 Å². The fourth-order valence-corrected chi connectivity index (χ4v) is 9.98. The highest BCUT2D eigenvalue weighted by molar-refractivity contribution is 9.10. The van der Waals surface area contributed by atoms with Crippen molar-refractivity contribution in [3.8, 4) is 0 Å². The zero-order chi connectivity index (χ0) is 27.6. The molecule has 0 atom stereocenters. The molecule has 1 amide bonds. The van der Waals surface area contributed by atoms with Gasteiger partial charge in [-0.05, 0) is 79.4 Å². The molecule has 0 bridgehead atoms. The number of hydrogen-bond donors (Lipinski definition) is 1. The second-order valence-corrected chi connectivity index (χ2v) is 14.4. The van der Waals surface area contributed by atoms with Crippen LogP contribution < -0.4 is 21.2 Å². The van der Waals surface area contributed by atoms with Crippen LogP contribution in [0.3, 0.4) is 0 Å². The number of unbranched alkanes of at least 4 members (excludes halogenated alkanes) is 1. The summed E-state index contributed by atoms with van der Waals surface area (Å²) >= 11 is 3.71. The molecule has 0 aliphatic heterocycles. The molecule has 0 saturated heterocycles. The lowest BCUT2D eigenvalue weighted by Gasteiger charge is -2.28. The quantitative estimate of drug-likeness (QED) is 0.119. The summed E-state index contributed by atoms with van der Waals surface area (Å²) in [6.07, 6.45) is 4.17. The molecule has 1 N–H and O–H groups in total. The molecule has 40 heavy (non-hydrogen) atoms. The molecule has 5 rings (SSSR count). The Balaban J connectivity index is 1.45. The molecule has 0 aliphatic rings. The molecule has 0 radical (unpaired) electrons. The summed E-state index contributed by atoms with van der Waals surface area (Å²) < 4.78 is 1.01. The van der Waals surface area contributed by atoms with Gasteiger partial charge in [0.1, 0.15) is 29.3 Å². The molecule has 4 heteroatoms. The molecule has 5 aromatic carbocycles. The number of carbonyl (C=O) groups excluding carboxylic acids is 1. The van der Waals surface area contributed by atoms with Crippen LogP contribution in [0.5, 0.6) is 0 Å². The summed E-state index contributed by atoms with van der Waals surface area (Å²) in [6.45, 7) is 0. The molecule has 0 saturated carbocycles. The fraction of sp³-hybridized carbons (Fsp3) is 0.139. The summed E-state index contributed by atoms with van der Waals surface area (Å²) in [5.41, 5.74) is 3.35. The number of benzene rings is 5. The van der Waals surface area contributed by atoms with Crippen molar-refractivity contribution in [3.63, 3.8) is 0 Å². The Morgan fingerprint density at radius 1 is 0.625 bits per heavy atom. The van der Waals surface area contributed by atoms with E-state index in [1.165, 1.54) is 21.5 Å². The van der Waals surface area contributed by atoms with Crippen LogP contribution in [0.1, 0.15) is 30.4 Å². The van der Waals surface area contributed by atoms with Gasteiger partial charge in [0.25, 0.3) is 0 Å². The van der Waals surface area contributed by atoms with E-state index in [2.05, 4.69) is 143 Å². The van der Waals surface area contributed by atoms with E-state index in [9.17, 15) is 4.79 Å². The van der Waals surface area contributed by atoms with Crippen molar-refractivity contribution in [1.82, 2.24) is 0 Å². The number of carbonyl (C=O) groups is 1. The van der Waals surface area contributed by atoms with Crippen molar-refractivity contribution in [2.24, 2.45) is 0 Å². The largest absolute Gasteiger partial charge is 0.326 e. The van der Waals surface area contributed by atoms with E-state index in [0.29, 0.717) is 6.42 Å². The van der Waals surface area contributed by atoms with Crippen molar-refractivity contribution in [1.29, 1.82) is 0 Å². The van der Waals surface area contributed by atoms with E-state index in [1.54, 1.807) is 0 Å². The van der Waals surface area contributed by atoms with Gasteiger partial charge in [-0.15, -0.1) is 0 Å². The van der Waals surface area contributed by atoms with E-state index in [4.69, 9.17) is 0 Å². The van der Waals surface area contributed by atoms with Crippen LogP contribution in [0.2, 0.25) is 0 Å². The number of hydrogen-bond acceptors (Lipinski definition) is 1.